The van der Waals surface area contributed by atoms with Gasteiger partial charge in [0, 0.05) is 16.6 Å². The third-order valence-corrected chi connectivity index (χ3v) is 4.11. The normalized spacial score (nSPS) is 10.5. The van der Waals surface area contributed by atoms with Crippen LogP contribution in [0.5, 0.6) is 0 Å². The van der Waals surface area contributed by atoms with Crippen LogP contribution in [-0.4, -0.2) is 6.04 Å². The largest absolute Gasteiger partial charge is 0.364 e. The summed E-state index contributed by atoms with van der Waals surface area (Å²) in [5, 5.41) is 11.5. The van der Waals surface area contributed by atoms with E-state index in [9.17, 15) is 0 Å². The molecule has 2 rings (SSSR count). The molecule has 2 aromatic rings. The van der Waals surface area contributed by atoms with Crippen molar-refractivity contribution in [1.82, 2.24) is 0 Å². The summed E-state index contributed by atoms with van der Waals surface area (Å²) in [6.07, 6.45) is 0. The molecule has 0 N–H and O–H groups in total. The maximum atomic E-state index is 8.92. The summed E-state index contributed by atoms with van der Waals surface area (Å²) in [7, 11) is 0. The van der Waals surface area contributed by atoms with E-state index in [1.54, 1.807) is 17.4 Å². The minimum Gasteiger partial charge on any atom is -0.364 e. The topological polar surface area (TPSA) is 27.0 Å². The van der Waals surface area contributed by atoms with E-state index in [1.165, 1.54) is 4.88 Å². The molecule has 0 bridgehead atoms. The van der Waals surface area contributed by atoms with Crippen LogP contribution in [0, 0.1) is 11.3 Å². The lowest BCUT2D eigenvalue weighted by Gasteiger charge is -2.28. The van der Waals surface area contributed by atoms with Crippen molar-refractivity contribution in [3.8, 4) is 6.07 Å². The van der Waals surface area contributed by atoms with Crippen LogP contribution in [0.25, 0.3) is 0 Å². The van der Waals surface area contributed by atoms with Gasteiger partial charge in [0.25, 0.3) is 0 Å². The van der Waals surface area contributed by atoms with Gasteiger partial charge < -0.3 is 4.90 Å². The van der Waals surface area contributed by atoms with Gasteiger partial charge in [-0.2, -0.15) is 5.26 Å². The number of hydrogen-bond donors (Lipinski definition) is 0. The smallest absolute Gasteiger partial charge is 0.101 e. The Morgan fingerprint density at radius 3 is 2.68 bits per heavy atom. The van der Waals surface area contributed by atoms with E-state index in [0.29, 0.717) is 16.6 Å². The van der Waals surface area contributed by atoms with Gasteiger partial charge in [0.05, 0.1) is 17.1 Å². The number of nitrogens with zero attached hydrogens (tertiary/aromatic N) is 2. The van der Waals surface area contributed by atoms with Crippen LogP contribution in [-0.2, 0) is 6.54 Å². The van der Waals surface area contributed by atoms with Crippen LogP contribution in [0.2, 0.25) is 5.02 Å². The first kappa shape index (κ1) is 13.9. The van der Waals surface area contributed by atoms with E-state index in [1.807, 2.05) is 12.1 Å². The van der Waals surface area contributed by atoms with Crippen molar-refractivity contribution in [2.75, 3.05) is 4.90 Å². The quantitative estimate of drug-likeness (QED) is 0.817. The minimum atomic E-state index is 0.367. The van der Waals surface area contributed by atoms with Crippen LogP contribution in [0.15, 0.2) is 35.7 Å². The third-order valence-electron chi connectivity index (χ3n) is 2.93. The Kier molecular flexibility index (Phi) is 4.47. The molecule has 1 aromatic carbocycles. The van der Waals surface area contributed by atoms with Crippen molar-refractivity contribution >= 4 is 28.6 Å². The molecule has 98 valence electrons. The molecule has 2 nitrogen and oxygen atoms in total. The SMILES string of the molecule is CC(C)N(Cc1cccs1)c1ccc(C#N)c(Cl)c1. The summed E-state index contributed by atoms with van der Waals surface area (Å²) in [6.45, 7) is 5.16. The van der Waals surface area contributed by atoms with Gasteiger partial charge in [0.15, 0.2) is 0 Å². The zero-order valence-electron chi connectivity index (χ0n) is 10.9. The lowest BCUT2D eigenvalue weighted by atomic mass is 10.2. The Morgan fingerprint density at radius 1 is 1.37 bits per heavy atom. The van der Waals surface area contributed by atoms with Gasteiger partial charge in [0.2, 0.25) is 0 Å². The molecular formula is C15H15ClN2S. The van der Waals surface area contributed by atoms with Crippen molar-refractivity contribution in [1.29, 1.82) is 5.26 Å². The van der Waals surface area contributed by atoms with Crippen LogP contribution >= 0.6 is 22.9 Å². The maximum absolute atomic E-state index is 8.92. The first-order valence-corrected chi connectivity index (χ1v) is 7.36. The number of rotatable bonds is 4. The van der Waals surface area contributed by atoms with Crippen molar-refractivity contribution in [2.24, 2.45) is 0 Å². The fourth-order valence-electron chi connectivity index (χ4n) is 1.92. The predicted octanol–water partition coefficient (Wildman–Crippen LogP) is 4.69. The molecule has 1 heterocycles. The Morgan fingerprint density at radius 2 is 2.16 bits per heavy atom. The molecule has 0 spiro atoms. The van der Waals surface area contributed by atoms with Crippen LogP contribution in [0.4, 0.5) is 5.69 Å². The number of benzene rings is 1. The van der Waals surface area contributed by atoms with Gasteiger partial charge in [-0.1, -0.05) is 17.7 Å². The number of thiophene rings is 1. The summed E-state index contributed by atoms with van der Waals surface area (Å²) >= 11 is 7.86. The summed E-state index contributed by atoms with van der Waals surface area (Å²) in [5.41, 5.74) is 1.57. The molecule has 0 aliphatic heterocycles. The molecule has 0 saturated carbocycles. The second-order valence-electron chi connectivity index (χ2n) is 4.58. The average Bonchev–Trinajstić information content (AvgIpc) is 2.88. The van der Waals surface area contributed by atoms with E-state index in [-0.39, 0.29) is 0 Å². The van der Waals surface area contributed by atoms with Crippen molar-refractivity contribution in [3.63, 3.8) is 0 Å². The van der Waals surface area contributed by atoms with Crippen LogP contribution in [0.3, 0.4) is 0 Å². The summed E-state index contributed by atoms with van der Waals surface area (Å²) < 4.78 is 0. The lowest BCUT2D eigenvalue weighted by molar-refractivity contribution is 0.687. The fraction of sp³-hybridized carbons (Fsp3) is 0.267. The van der Waals surface area contributed by atoms with E-state index in [4.69, 9.17) is 16.9 Å². The molecule has 0 atom stereocenters. The number of anilines is 1. The predicted molar refractivity (Wildman–Crippen MR) is 81.8 cm³/mol. The Labute approximate surface area is 122 Å². The van der Waals surface area contributed by atoms with Gasteiger partial charge in [-0.05, 0) is 43.5 Å². The average molecular weight is 291 g/mol. The lowest BCUT2D eigenvalue weighted by Crippen LogP contribution is -2.29. The zero-order chi connectivity index (χ0) is 13.8. The molecule has 0 unspecified atom stereocenters. The van der Waals surface area contributed by atoms with Gasteiger partial charge >= 0.3 is 0 Å². The monoisotopic (exact) mass is 290 g/mol. The third kappa shape index (κ3) is 3.28. The molecule has 0 radical (unpaired) electrons. The second kappa shape index (κ2) is 6.10. The molecule has 0 amide bonds. The maximum Gasteiger partial charge on any atom is 0.101 e. The molecule has 0 fully saturated rings. The van der Waals surface area contributed by atoms with E-state index >= 15 is 0 Å². The van der Waals surface area contributed by atoms with E-state index in [0.717, 1.165) is 12.2 Å². The molecule has 0 aliphatic carbocycles. The standard InChI is InChI=1S/C15H15ClN2S/c1-11(2)18(10-14-4-3-7-19-14)13-6-5-12(9-17)15(16)8-13/h3-8,11H,10H2,1-2H3. The zero-order valence-corrected chi connectivity index (χ0v) is 12.5. The van der Waals surface area contributed by atoms with Gasteiger partial charge in [-0.15, -0.1) is 11.3 Å². The molecule has 4 heteroatoms. The Balaban J connectivity index is 2.29. The highest BCUT2D eigenvalue weighted by molar-refractivity contribution is 7.09. The molecule has 0 aliphatic rings. The van der Waals surface area contributed by atoms with Crippen LogP contribution < -0.4 is 4.90 Å². The summed E-state index contributed by atoms with van der Waals surface area (Å²) in [6, 6.07) is 12.2. The number of halogens is 1. The van der Waals surface area contributed by atoms with Gasteiger partial charge in [-0.25, -0.2) is 0 Å². The first-order chi connectivity index (χ1) is 9.11. The number of hydrogen-bond acceptors (Lipinski definition) is 3. The molecule has 0 saturated heterocycles. The Bertz CT molecular complexity index is 585. The first-order valence-electron chi connectivity index (χ1n) is 6.10. The highest BCUT2D eigenvalue weighted by Gasteiger charge is 2.13. The van der Waals surface area contributed by atoms with Crippen molar-refractivity contribution < 1.29 is 0 Å². The Hall–Kier alpha value is -1.50. The summed E-state index contributed by atoms with van der Waals surface area (Å²) in [5.74, 6) is 0. The van der Waals surface area contributed by atoms with Gasteiger partial charge in [-0.3, -0.25) is 0 Å². The van der Waals surface area contributed by atoms with Crippen LogP contribution in [0.1, 0.15) is 24.3 Å². The highest BCUT2D eigenvalue weighted by atomic mass is 35.5. The highest BCUT2D eigenvalue weighted by Crippen LogP contribution is 2.27. The van der Waals surface area contributed by atoms with E-state index < -0.39 is 0 Å². The number of nitriles is 1. The fourth-order valence-corrected chi connectivity index (χ4v) is 2.84. The summed E-state index contributed by atoms with van der Waals surface area (Å²) in [4.78, 5) is 3.59. The molecule has 19 heavy (non-hydrogen) atoms. The molecular weight excluding hydrogens is 276 g/mol. The molecule has 1 aromatic heterocycles. The van der Waals surface area contributed by atoms with E-state index in [2.05, 4.69) is 42.3 Å². The minimum absolute atomic E-state index is 0.367. The van der Waals surface area contributed by atoms with Gasteiger partial charge in [0.1, 0.15) is 6.07 Å². The van der Waals surface area contributed by atoms with Crippen molar-refractivity contribution in [2.45, 2.75) is 26.4 Å². The second-order valence-corrected chi connectivity index (χ2v) is 6.02. The van der Waals surface area contributed by atoms with Crippen molar-refractivity contribution in [3.05, 3.63) is 51.2 Å².